The number of carbonyl (C=O) groups excluding carboxylic acids is 2. The lowest BCUT2D eigenvalue weighted by atomic mass is 10.1. The van der Waals surface area contributed by atoms with Gasteiger partial charge < -0.3 is 9.80 Å². The van der Waals surface area contributed by atoms with Crippen LogP contribution in [-0.2, 0) is 20.0 Å². The summed E-state index contributed by atoms with van der Waals surface area (Å²) in [5.74, 6) is -0.148. The molecule has 0 N–H and O–H groups in total. The zero-order valence-corrected chi connectivity index (χ0v) is 33.7. The lowest BCUT2D eigenvalue weighted by Gasteiger charge is -2.39. The molecular formula is C42H44N8O6S2. The third-order valence-electron chi connectivity index (χ3n) is 10.1. The molecule has 2 aromatic heterocycles. The highest BCUT2D eigenvalue weighted by Gasteiger charge is 2.37. The van der Waals surface area contributed by atoms with Crippen molar-refractivity contribution >= 4 is 31.9 Å². The third-order valence-corrected chi connectivity index (χ3v) is 14.2. The van der Waals surface area contributed by atoms with Crippen LogP contribution in [0.5, 0.6) is 0 Å². The van der Waals surface area contributed by atoms with E-state index in [4.69, 9.17) is 0 Å². The Bertz CT molecular complexity index is 2380. The number of aromatic nitrogens is 4. The first-order valence-electron chi connectivity index (χ1n) is 18.9. The minimum absolute atomic E-state index is 0.0739. The van der Waals surface area contributed by atoms with Gasteiger partial charge in [-0.2, -0.15) is 18.8 Å². The molecule has 16 heteroatoms. The second-order valence-corrected chi connectivity index (χ2v) is 17.8. The third kappa shape index (κ3) is 8.64. The average molecular weight is 821 g/mol. The van der Waals surface area contributed by atoms with E-state index in [0.29, 0.717) is 48.7 Å². The van der Waals surface area contributed by atoms with E-state index in [1.54, 1.807) is 117 Å². The summed E-state index contributed by atoms with van der Waals surface area (Å²) in [7, 11) is -7.37. The minimum atomic E-state index is -3.68. The normalized spacial score (nSPS) is 18.0. The molecule has 0 aliphatic carbocycles. The fourth-order valence-corrected chi connectivity index (χ4v) is 10.5. The van der Waals surface area contributed by atoms with Crippen LogP contribution in [-0.4, -0.2) is 118 Å². The first-order chi connectivity index (χ1) is 27.9. The van der Waals surface area contributed by atoms with Crippen molar-refractivity contribution < 1.29 is 26.4 Å². The molecule has 0 saturated carbocycles. The van der Waals surface area contributed by atoms with Crippen molar-refractivity contribution in [3.05, 3.63) is 157 Å². The zero-order valence-electron chi connectivity index (χ0n) is 32.1. The lowest BCUT2D eigenvalue weighted by Crippen LogP contribution is -2.55. The van der Waals surface area contributed by atoms with Gasteiger partial charge in [-0.1, -0.05) is 48.5 Å². The van der Waals surface area contributed by atoms with Gasteiger partial charge in [0.15, 0.2) is 0 Å². The van der Waals surface area contributed by atoms with Gasteiger partial charge in [0.25, 0.3) is 11.8 Å². The maximum absolute atomic E-state index is 13.3. The van der Waals surface area contributed by atoms with Crippen LogP contribution in [0.15, 0.2) is 156 Å². The average Bonchev–Trinajstić information content (AvgIpc) is 4.00. The molecule has 4 aromatic carbocycles. The zero-order chi connectivity index (χ0) is 40.9. The summed E-state index contributed by atoms with van der Waals surface area (Å²) in [5.41, 5.74) is 2.59. The van der Waals surface area contributed by atoms with Gasteiger partial charge in [-0.25, -0.2) is 26.2 Å². The molecule has 2 amide bonds. The van der Waals surface area contributed by atoms with Crippen molar-refractivity contribution in [3.8, 4) is 11.4 Å². The lowest BCUT2D eigenvalue weighted by molar-refractivity contribution is 0.0637. The summed E-state index contributed by atoms with van der Waals surface area (Å²) in [4.78, 5) is 29.3. The van der Waals surface area contributed by atoms with Gasteiger partial charge in [-0.15, -0.1) is 0 Å². The van der Waals surface area contributed by atoms with Crippen molar-refractivity contribution in [2.45, 2.75) is 35.7 Å². The van der Waals surface area contributed by atoms with Crippen LogP contribution in [0.2, 0.25) is 0 Å². The van der Waals surface area contributed by atoms with Crippen molar-refractivity contribution in [3.63, 3.8) is 0 Å². The van der Waals surface area contributed by atoms with Crippen LogP contribution in [0, 0.1) is 0 Å². The highest BCUT2D eigenvalue weighted by molar-refractivity contribution is 7.89. The highest BCUT2D eigenvalue weighted by Crippen LogP contribution is 2.26. The first kappa shape index (κ1) is 40.3. The molecule has 2 saturated heterocycles. The van der Waals surface area contributed by atoms with Crippen LogP contribution < -0.4 is 0 Å². The number of rotatable bonds is 8. The molecule has 0 radical (unpaired) electrons. The Kier molecular flexibility index (Phi) is 12.0. The van der Waals surface area contributed by atoms with Crippen molar-refractivity contribution in [2.75, 3.05) is 39.3 Å². The SMILES string of the molecule is CC1CN(C(=O)c2ccccc2)CCN1S(=O)(=O)c1cccc(-n2cccn2)c1.CC1CN(C(=O)c2ccccc2)CCN1S(=O)(=O)c1cccc(-n2cccn2)c1. The van der Waals surface area contributed by atoms with Crippen LogP contribution in [0.4, 0.5) is 0 Å². The van der Waals surface area contributed by atoms with Gasteiger partial charge in [-0.05, 0) is 86.6 Å². The summed E-state index contributed by atoms with van der Waals surface area (Å²) in [6.45, 7) is 5.60. The Morgan fingerprint density at radius 3 is 1.26 bits per heavy atom. The summed E-state index contributed by atoms with van der Waals surface area (Å²) < 4.78 is 59.2. The first-order valence-corrected chi connectivity index (χ1v) is 21.7. The Balaban J connectivity index is 0.000000177. The molecule has 2 aliphatic heterocycles. The smallest absolute Gasteiger partial charge is 0.253 e. The molecule has 14 nitrogen and oxygen atoms in total. The van der Waals surface area contributed by atoms with Gasteiger partial charge in [0.2, 0.25) is 20.0 Å². The van der Waals surface area contributed by atoms with Gasteiger partial charge >= 0.3 is 0 Å². The Morgan fingerprint density at radius 1 is 0.517 bits per heavy atom. The molecule has 58 heavy (non-hydrogen) atoms. The van der Waals surface area contributed by atoms with Crippen molar-refractivity contribution in [1.82, 2.24) is 38.0 Å². The standard InChI is InChI=1S/2C21H22N4O3S/c2*1-17-16-23(21(26)18-7-3-2-4-8-18)13-14-25(17)29(27,28)20-10-5-9-19(15-20)24-12-6-11-22-24/h2*2-12,15,17H,13-14,16H2,1H3. The van der Waals surface area contributed by atoms with E-state index in [9.17, 15) is 26.4 Å². The summed E-state index contributed by atoms with van der Waals surface area (Å²) in [6.07, 6.45) is 6.82. The van der Waals surface area contributed by atoms with Gasteiger partial charge in [0.05, 0.1) is 21.2 Å². The topological polar surface area (TPSA) is 151 Å². The van der Waals surface area contributed by atoms with Crippen LogP contribution >= 0.6 is 0 Å². The van der Waals surface area contributed by atoms with Crippen LogP contribution in [0.1, 0.15) is 34.6 Å². The largest absolute Gasteiger partial charge is 0.336 e. The molecule has 6 aromatic rings. The van der Waals surface area contributed by atoms with Gasteiger partial charge in [-0.3, -0.25) is 9.59 Å². The molecule has 0 bridgehead atoms. The number of hydrogen-bond acceptors (Lipinski definition) is 8. The van der Waals surface area contributed by atoms with Crippen molar-refractivity contribution in [1.29, 1.82) is 0 Å². The van der Waals surface area contributed by atoms with Crippen molar-refractivity contribution in [2.24, 2.45) is 0 Å². The summed E-state index contributed by atoms with van der Waals surface area (Å²) >= 11 is 0. The van der Waals surface area contributed by atoms with E-state index in [0.717, 1.165) is 0 Å². The predicted octanol–water partition coefficient (Wildman–Crippen LogP) is 4.82. The van der Waals surface area contributed by atoms with E-state index in [2.05, 4.69) is 10.2 Å². The molecule has 2 unspecified atom stereocenters. The molecular weight excluding hydrogens is 777 g/mol. The van der Waals surface area contributed by atoms with Crippen LogP contribution in [0.3, 0.4) is 0 Å². The maximum atomic E-state index is 13.3. The quantitative estimate of drug-likeness (QED) is 0.212. The molecule has 2 aliphatic rings. The van der Waals surface area contributed by atoms with E-state index in [1.807, 2.05) is 62.4 Å². The second-order valence-electron chi connectivity index (χ2n) is 14.1. The van der Waals surface area contributed by atoms with E-state index in [-0.39, 0.29) is 46.8 Å². The van der Waals surface area contributed by atoms with Crippen LogP contribution in [0.25, 0.3) is 11.4 Å². The maximum Gasteiger partial charge on any atom is 0.253 e. The van der Waals surface area contributed by atoms with Gasteiger partial charge in [0.1, 0.15) is 0 Å². The fraction of sp³-hybridized carbons (Fsp3) is 0.238. The molecule has 8 rings (SSSR count). The Labute approximate surface area is 338 Å². The van der Waals surface area contributed by atoms with E-state index < -0.39 is 20.0 Å². The monoisotopic (exact) mass is 820 g/mol. The number of amides is 2. The number of piperazine rings is 2. The number of nitrogens with zero attached hydrogens (tertiary/aromatic N) is 8. The molecule has 300 valence electrons. The number of hydrogen-bond donors (Lipinski definition) is 0. The summed E-state index contributed by atoms with van der Waals surface area (Å²) in [6, 6.07) is 34.5. The molecule has 0 spiro atoms. The second kappa shape index (κ2) is 17.3. The minimum Gasteiger partial charge on any atom is -0.336 e. The Hall–Kier alpha value is -5.94. The fourth-order valence-electron chi connectivity index (χ4n) is 7.18. The Morgan fingerprint density at radius 2 is 0.914 bits per heavy atom. The predicted molar refractivity (Wildman–Crippen MR) is 219 cm³/mol. The molecule has 2 fully saturated rings. The molecule has 2 atom stereocenters. The summed E-state index contributed by atoms with van der Waals surface area (Å²) in [5, 5.41) is 8.32. The van der Waals surface area contributed by atoms with E-state index >= 15 is 0 Å². The highest BCUT2D eigenvalue weighted by atomic mass is 32.2. The number of sulfonamides is 2. The van der Waals surface area contributed by atoms with E-state index in [1.165, 1.54) is 8.61 Å². The number of carbonyl (C=O) groups is 2. The molecule has 4 heterocycles. The van der Waals surface area contributed by atoms with Gasteiger partial charge in [0, 0.05) is 87.3 Å². The number of benzene rings is 4.